The molecule has 0 spiro atoms. The second-order valence-corrected chi connectivity index (χ2v) is 10.7. The molecule has 3 N–H and O–H groups in total. The normalized spacial score (nSPS) is 11.8. The van der Waals surface area contributed by atoms with Crippen LogP contribution in [0.1, 0.15) is 117 Å². The lowest BCUT2D eigenvalue weighted by molar-refractivity contribution is 0.239. The van der Waals surface area contributed by atoms with E-state index in [1.165, 1.54) is 114 Å². The van der Waals surface area contributed by atoms with Crippen molar-refractivity contribution >= 4 is 22.7 Å². The number of benzene rings is 1. The highest BCUT2D eigenvalue weighted by atomic mass is 32.1. The van der Waals surface area contributed by atoms with Gasteiger partial charge < -0.3 is 5.32 Å². The van der Waals surface area contributed by atoms with Gasteiger partial charge in [-0.3, -0.25) is 5.43 Å². The molecule has 6 nitrogen and oxygen atoms in total. The number of unbranched alkanes of at least 4 members (excludes halogenated alkanes) is 12. The minimum Gasteiger partial charge on any atom is -0.336 e. The number of aromatic nitrogens is 2. The quantitative estimate of drug-likeness (QED) is 0.115. The monoisotopic (exact) mass is 515 g/mol. The standard InChI is InChI=1S/C29H49N5OS/c1-3-5-7-9-11-12-14-17-21-25(20-16-13-10-8-6-4-2)24-30-28(35)32-33-29-31-27(34-36-29)26-22-18-15-19-23-26/h15,18-19,22-23,25H,3-14,16-17,20-21,24H2,1-2H3,(H2,30,32,35)(H,31,33,34). The maximum atomic E-state index is 12.4. The molecule has 36 heavy (non-hydrogen) atoms. The Hall–Kier alpha value is -2.15. The molecular weight excluding hydrogens is 466 g/mol. The van der Waals surface area contributed by atoms with E-state index in [2.05, 4.69) is 39.4 Å². The molecule has 0 aliphatic rings. The van der Waals surface area contributed by atoms with E-state index in [1.54, 1.807) is 0 Å². The van der Waals surface area contributed by atoms with Gasteiger partial charge in [-0.25, -0.2) is 10.2 Å². The van der Waals surface area contributed by atoms with Crippen LogP contribution in [-0.2, 0) is 0 Å². The van der Waals surface area contributed by atoms with Crippen LogP contribution in [-0.4, -0.2) is 21.9 Å². The van der Waals surface area contributed by atoms with E-state index >= 15 is 0 Å². The largest absolute Gasteiger partial charge is 0.336 e. The first-order valence-corrected chi connectivity index (χ1v) is 15.2. The van der Waals surface area contributed by atoms with Crippen LogP contribution >= 0.6 is 11.5 Å². The second-order valence-electron chi connectivity index (χ2n) is 9.94. The Morgan fingerprint density at radius 2 is 1.36 bits per heavy atom. The highest BCUT2D eigenvalue weighted by Crippen LogP contribution is 2.21. The third-order valence-corrected chi connectivity index (χ3v) is 7.35. The van der Waals surface area contributed by atoms with Gasteiger partial charge in [0.2, 0.25) is 5.13 Å². The molecule has 1 atom stereocenters. The van der Waals surface area contributed by atoms with E-state index in [1.807, 2.05) is 30.3 Å². The lowest BCUT2D eigenvalue weighted by Crippen LogP contribution is -2.41. The lowest BCUT2D eigenvalue weighted by atomic mass is 9.94. The summed E-state index contributed by atoms with van der Waals surface area (Å²) in [6, 6.07) is 9.63. The number of nitrogens with zero attached hydrogens (tertiary/aromatic N) is 2. The molecule has 0 radical (unpaired) electrons. The molecule has 2 aromatic rings. The molecule has 1 aromatic heterocycles. The number of urea groups is 1. The maximum Gasteiger partial charge on any atom is 0.333 e. The van der Waals surface area contributed by atoms with Gasteiger partial charge in [-0.1, -0.05) is 134 Å². The van der Waals surface area contributed by atoms with Crippen LogP contribution in [0, 0.1) is 5.92 Å². The average molecular weight is 516 g/mol. The summed E-state index contributed by atoms with van der Waals surface area (Å²) in [5.41, 5.74) is 6.57. The predicted molar refractivity (Wildman–Crippen MR) is 154 cm³/mol. The third-order valence-electron chi connectivity index (χ3n) is 6.72. The van der Waals surface area contributed by atoms with Gasteiger partial charge in [-0.05, 0) is 18.8 Å². The first-order valence-electron chi connectivity index (χ1n) is 14.4. The Morgan fingerprint density at radius 1 is 0.806 bits per heavy atom. The molecule has 2 amide bonds. The molecule has 1 aromatic carbocycles. The van der Waals surface area contributed by atoms with Crippen LogP contribution in [0.25, 0.3) is 11.4 Å². The molecule has 0 aliphatic carbocycles. The van der Waals surface area contributed by atoms with Gasteiger partial charge in [0.25, 0.3) is 0 Å². The average Bonchev–Trinajstić information content (AvgIpc) is 3.38. The van der Waals surface area contributed by atoms with Gasteiger partial charge in [-0.15, -0.1) is 0 Å². The van der Waals surface area contributed by atoms with Gasteiger partial charge in [0.15, 0.2) is 5.82 Å². The van der Waals surface area contributed by atoms with Gasteiger partial charge >= 0.3 is 6.03 Å². The van der Waals surface area contributed by atoms with Crippen molar-refractivity contribution in [3.05, 3.63) is 30.3 Å². The van der Waals surface area contributed by atoms with E-state index in [0.29, 0.717) is 16.9 Å². The van der Waals surface area contributed by atoms with Crippen LogP contribution in [0.15, 0.2) is 30.3 Å². The number of nitrogens with one attached hydrogen (secondary N) is 3. The number of rotatable bonds is 21. The molecule has 0 bridgehead atoms. The highest BCUT2D eigenvalue weighted by Gasteiger charge is 2.12. The van der Waals surface area contributed by atoms with Gasteiger partial charge in [0.05, 0.1) is 0 Å². The molecule has 2 rings (SSSR count). The zero-order valence-electron chi connectivity index (χ0n) is 22.7. The number of carbonyl (C=O) groups excluding carboxylic acids is 1. The minimum atomic E-state index is -0.213. The topological polar surface area (TPSA) is 78.9 Å². The van der Waals surface area contributed by atoms with E-state index in [9.17, 15) is 4.79 Å². The van der Waals surface area contributed by atoms with E-state index < -0.39 is 0 Å². The maximum absolute atomic E-state index is 12.4. The molecule has 0 saturated carbocycles. The van der Waals surface area contributed by atoms with Crippen LogP contribution in [0.2, 0.25) is 0 Å². The van der Waals surface area contributed by atoms with E-state index in [4.69, 9.17) is 0 Å². The van der Waals surface area contributed by atoms with Crippen LogP contribution in [0.4, 0.5) is 9.93 Å². The third kappa shape index (κ3) is 13.8. The van der Waals surface area contributed by atoms with E-state index in [0.717, 1.165) is 12.1 Å². The van der Waals surface area contributed by atoms with Crippen molar-refractivity contribution in [2.24, 2.45) is 5.92 Å². The summed E-state index contributed by atoms with van der Waals surface area (Å²) in [6.07, 6.45) is 21.0. The Kier molecular flexibility index (Phi) is 16.7. The van der Waals surface area contributed by atoms with Crippen molar-refractivity contribution in [1.82, 2.24) is 20.1 Å². The van der Waals surface area contributed by atoms with Gasteiger partial charge in [0.1, 0.15) is 0 Å². The number of hydrogen-bond donors (Lipinski definition) is 3. The lowest BCUT2D eigenvalue weighted by Gasteiger charge is -2.18. The zero-order chi connectivity index (χ0) is 25.7. The molecule has 7 heteroatoms. The number of carbonyl (C=O) groups is 1. The molecule has 1 unspecified atom stereocenters. The Balaban J connectivity index is 1.68. The summed E-state index contributed by atoms with van der Waals surface area (Å²) in [4.78, 5) is 16.9. The summed E-state index contributed by atoms with van der Waals surface area (Å²) >= 11 is 1.24. The summed E-state index contributed by atoms with van der Waals surface area (Å²) in [7, 11) is 0. The van der Waals surface area contributed by atoms with Crippen molar-refractivity contribution in [2.45, 2.75) is 117 Å². The summed E-state index contributed by atoms with van der Waals surface area (Å²) in [6.45, 7) is 5.26. The molecule has 0 aliphatic heterocycles. The van der Waals surface area contributed by atoms with Crippen LogP contribution < -0.4 is 16.2 Å². The van der Waals surface area contributed by atoms with Crippen molar-refractivity contribution in [3.63, 3.8) is 0 Å². The summed E-state index contributed by atoms with van der Waals surface area (Å²) in [5.74, 6) is 1.21. The predicted octanol–water partition coefficient (Wildman–Crippen LogP) is 8.73. The van der Waals surface area contributed by atoms with E-state index in [-0.39, 0.29) is 6.03 Å². The number of hydrazine groups is 1. The van der Waals surface area contributed by atoms with Gasteiger partial charge in [-0.2, -0.15) is 9.36 Å². The van der Waals surface area contributed by atoms with Crippen molar-refractivity contribution in [1.29, 1.82) is 0 Å². The summed E-state index contributed by atoms with van der Waals surface area (Å²) < 4.78 is 4.36. The fourth-order valence-electron chi connectivity index (χ4n) is 4.50. The Bertz CT molecular complexity index is 798. The Labute approximate surface area is 223 Å². The fourth-order valence-corrected chi connectivity index (χ4v) is 5.04. The van der Waals surface area contributed by atoms with Gasteiger partial charge in [0, 0.05) is 23.6 Å². The zero-order valence-corrected chi connectivity index (χ0v) is 23.5. The SMILES string of the molecule is CCCCCCCCCCC(CCCCCCCC)CNC(=O)NNc1nc(-c2ccccc2)ns1. The minimum absolute atomic E-state index is 0.213. The highest BCUT2D eigenvalue weighted by molar-refractivity contribution is 7.09. The van der Waals surface area contributed by atoms with Crippen molar-refractivity contribution in [2.75, 3.05) is 12.0 Å². The van der Waals surface area contributed by atoms with Crippen LogP contribution in [0.5, 0.6) is 0 Å². The van der Waals surface area contributed by atoms with Crippen LogP contribution in [0.3, 0.4) is 0 Å². The first-order chi connectivity index (χ1) is 17.7. The Morgan fingerprint density at radius 3 is 1.94 bits per heavy atom. The second kappa shape index (κ2) is 20.0. The fraction of sp³-hybridized carbons (Fsp3) is 0.690. The molecule has 0 saturated heterocycles. The van der Waals surface area contributed by atoms with Crippen molar-refractivity contribution in [3.8, 4) is 11.4 Å². The number of anilines is 1. The smallest absolute Gasteiger partial charge is 0.333 e. The molecule has 1 heterocycles. The summed E-state index contributed by atoms with van der Waals surface area (Å²) in [5, 5.41) is 3.65. The molecule has 202 valence electrons. The number of hydrogen-bond acceptors (Lipinski definition) is 5. The first kappa shape index (κ1) is 30.1. The molecule has 0 fully saturated rings. The van der Waals surface area contributed by atoms with Crippen molar-refractivity contribution < 1.29 is 4.79 Å². The number of amides is 2. The molecular formula is C29H49N5OS.